The number of rotatable bonds is 6. The molecule has 2 atom stereocenters. The van der Waals surface area contributed by atoms with Gasteiger partial charge in [0.25, 0.3) is 0 Å². The molecule has 0 amide bonds. The van der Waals surface area contributed by atoms with Crippen LogP contribution in [0.3, 0.4) is 0 Å². The number of thiazole rings is 1. The van der Waals surface area contributed by atoms with Crippen LogP contribution < -0.4 is 10.2 Å². The molecule has 1 aromatic heterocycles. The van der Waals surface area contributed by atoms with Gasteiger partial charge in [-0.3, -0.25) is 0 Å². The minimum Gasteiger partial charge on any atom is -0.377 e. The number of nitrogens with zero attached hydrogens (tertiary/aromatic N) is 2. The molecule has 0 saturated carbocycles. The molecule has 1 aliphatic rings. The fraction of sp³-hybridized carbons (Fsp3) is 0.786. The van der Waals surface area contributed by atoms with Crippen LogP contribution in [-0.2, 0) is 11.3 Å². The first-order valence-corrected chi connectivity index (χ1v) is 7.97. The van der Waals surface area contributed by atoms with Crippen LogP contribution >= 0.6 is 11.3 Å². The van der Waals surface area contributed by atoms with Crippen LogP contribution in [-0.4, -0.2) is 36.3 Å². The SMILES string of the molecule is CCN(CC)c1ncc(CNC2(C)CCOC2C)s1. The zero-order valence-electron chi connectivity index (χ0n) is 12.4. The number of hydrogen-bond donors (Lipinski definition) is 1. The average molecular weight is 283 g/mol. The maximum absolute atomic E-state index is 5.65. The molecule has 1 saturated heterocycles. The molecule has 0 aromatic carbocycles. The quantitative estimate of drug-likeness (QED) is 0.871. The Morgan fingerprint density at radius 1 is 1.53 bits per heavy atom. The summed E-state index contributed by atoms with van der Waals surface area (Å²) in [6, 6.07) is 0. The van der Waals surface area contributed by atoms with Gasteiger partial charge in [0.2, 0.25) is 0 Å². The highest BCUT2D eigenvalue weighted by Crippen LogP contribution is 2.27. The third-order valence-corrected chi connectivity index (χ3v) is 5.19. The highest BCUT2D eigenvalue weighted by Gasteiger charge is 2.36. The summed E-state index contributed by atoms with van der Waals surface area (Å²) < 4.78 is 5.65. The molecule has 5 heteroatoms. The Bertz CT molecular complexity index is 405. The largest absolute Gasteiger partial charge is 0.377 e. The highest BCUT2D eigenvalue weighted by molar-refractivity contribution is 7.15. The second kappa shape index (κ2) is 6.20. The van der Waals surface area contributed by atoms with Gasteiger partial charge in [0.15, 0.2) is 5.13 Å². The zero-order chi connectivity index (χ0) is 13.9. The topological polar surface area (TPSA) is 37.4 Å². The Kier molecular flexibility index (Phi) is 4.81. The lowest BCUT2D eigenvalue weighted by atomic mass is 9.95. The Hall–Kier alpha value is -0.650. The molecule has 1 N–H and O–H groups in total. The Labute approximate surface area is 120 Å². The normalized spacial score (nSPS) is 26.8. The molecule has 1 fully saturated rings. The number of anilines is 1. The van der Waals surface area contributed by atoms with Gasteiger partial charge in [-0.25, -0.2) is 4.98 Å². The van der Waals surface area contributed by atoms with Gasteiger partial charge in [0.05, 0.1) is 6.10 Å². The maximum Gasteiger partial charge on any atom is 0.185 e. The first-order valence-electron chi connectivity index (χ1n) is 7.15. The summed E-state index contributed by atoms with van der Waals surface area (Å²) >= 11 is 1.78. The van der Waals surface area contributed by atoms with Gasteiger partial charge in [-0.15, -0.1) is 11.3 Å². The summed E-state index contributed by atoms with van der Waals surface area (Å²) in [5.41, 5.74) is 0.0966. The molecule has 1 aromatic rings. The van der Waals surface area contributed by atoms with Crippen LogP contribution in [0.15, 0.2) is 6.20 Å². The van der Waals surface area contributed by atoms with Crippen LogP contribution in [0.25, 0.3) is 0 Å². The van der Waals surface area contributed by atoms with Crippen LogP contribution in [0.2, 0.25) is 0 Å². The minimum atomic E-state index is 0.0966. The van der Waals surface area contributed by atoms with Crippen molar-refractivity contribution >= 4 is 16.5 Å². The van der Waals surface area contributed by atoms with Crippen molar-refractivity contribution in [2.75, 3.05) is 24.6 Å². The molecule has 0 aliphatic carbocycles. The van der Waals surface area contributed by atoms with E-state index in [1.165, 1.54) is 4.88 Å². The van der Waals surface area contributed by atoms with Crippen molar-refractivity contribution < 1.29 is 4.74 Å². The van der Waals surface area contributed by atoms with E-state index in [4.69, 9.17) is 4.74 Å². The molecular formula is C14H25N3OS. The fourth-order valence-corrected chi connectivity index (χ4v) is 3.35. The summed E-state index contributed by atoms with van der Waals surface area (Å²) in [6.07, 6.45) is 3.35. The lowest BCUT2D eigenvalue weighted by Crippen LogP contribution is -2.47. The van der Waals surface area contributed by atoms with E-state index in [0.717, 1.165) is 37.8 Å². The molecule has 0 bridgehead atoms. The molecule has 19 heavy (non-hydrogen) atoms. The molecular weight excluding hydrogens is 258 g/mol. The lowest BCUT2D eigenvalue weighted by molar-refractivity contribution is 0.0882. The van der Waals surface area contributed by atoms with E-state index in [2.05, 4.69) is 42.9 Å². The average Bonchev–Trinajstić information content (AvgIpc) is 2.98. The van der Waals surface area contributed by atoms with E-state index < -0.39 is 0 Å². The van der Waals surface area contributed by atoms with E-state index in [9.17, 15) is 0 Å². The Morgan fingerprint density at radius 3 is 2.84 bits per heavy atom. The van der Waals surface area contributed by atoms with E-state index in [-0.39, 0.29) is 11.6 Å². The van der Waals surface area contributed by atoms with Gasteiger partial charge >= 0.3 is 0 Å². The van der Waals surface area contributed by atoms with Crippen LogP contribution in [0.5, 0.6) is 0 Å². The van der Waals surface area contributed by atoms with E-state index >= 15 is 0 Å². The number of hydrogen-bond acceptors (Lipinski definition) is 5. The van der Waals surface area contributed by atoms with Crippen LogP contribution in [0.4, 0.5) is 5.13 Å². The van der Waals surface area contributed by atoms with Gasteiger partial charge in [0.1, 0.15) is 0 Å². The Morgan fingerprint density at radius 2 is 2.26 bits per heavy atom. The molecule has 4 nitrogen and oxygen atoms in total. The third kappa shape index (κ3) is 3.27. The zero-order valence-corrected chi connectivity index (χ0v) is 13.2. The molecule has 2 unspecified atom stereocenters. The summed E-state index contributed by atoms with van der Waals surface area (Å²) in [6.45, 7) is 12.5. The van der Waals surface area contributed by atoms with Gasteiger partial charge in [-0.2, -0.15) is 0 Å². The molecule has 0 radical (unpaired) electrons. The van der Waals surface area contributed by atoms with Gasteiger partial charge in [0, 0.05) is 42.9 Å². The maximum atomic E-state index is 5.65. The molecule has 1 aliphatic heterocycles. The van der Waals surface area contributed by atoms with E-state index in [1.807, 2.05) is 6.20 Å². The van der Waals surface area contributed by atoms with Crippen molar-refractivity contribution in [2.45, 2.75) is 52.3 Å². The van der Waals surface area contributed by atoms with Crippen LogP contribution in [0.1, 0.15) is 39.0 Å². The third-order valence-electron chi connectivity index (χ3n) is 4.13. The van der Waals surface area contributed by atoms with Crippen molar-refractivity contribution in [3.63, 3.8) is 0 Å². The van der Waals surface area contributed by atoms with Crippen molar-refractivity contribution in [3.05, 3.63) is 11.1 Å². The lowest BCUT2D eigenvalue weighted by Gasteiger charge is -2.28. The summed E-state index contributed by atoms with van der Waals surface area (Å²) in [5, 5.41) is 4.77. The summed E-state index contributed by atoms with van der Waals surface area (Å²) in [7, 11) is 0. The summed E-state index contributed by atoms with van der Waals surface area (Å²) in [5.74, 6) is 0. The Balaban J connectivity index is 1.93. The van der Waals surface area contributed by atoms with E-state index in [0.29, 0.717) is 0 Å². The van der Waals surface area contributed by atoms with E-state index in [1.54, 1.807) is 11.3 Å². The predicted molar refractivity (Wildman–Crippen MR) is 81.0 cm³/mol. The highest BCUT2D eigenvalue weighted by atomic mass is 32.1. The summed E-state index contributed by atoms with van der Waals surface area (Å²) in [4.78, 5) is 8.10. The molecule has 2 heterocycles. The second-order valence-corrected chi connectivity index (χ2v) is 6.41. The smallest absolute Gasteiger partial charge is 0.185 e. The molecule has 108 valence electrons. The van der Waals surface area contributed by atoms with Gasteiger partial charge in [-0.05, 0) is 34.1 Å². The van der Waals surface area contributed by atoms with Gasteiger partial charge in [-0.1, -0.05) is 0 Å². The van der Waals surface area contributed by atoms with Crippen molar-refractivity contribution in [2.24, 2.45) is 0 Å². The number of ether oxygens (including phenoxy) is 1. The van der Waals surface area contributed by atoms with Crippen LogP contribution in [0, 0.1) is 0 Å². The molecule has 0 spiro atoms. The van der Waals surface area contributed by atoms with Crippen molar-refractivity contribution in [1.29, 1.82) is 0 Å². The van der Waals surface area contributed by atoms with Crippen molar-refractivity contribution in [3.8, 4) is 0 Å². The van der Waals surface area contributed by atoms with Gasteiger partial charge < -0.3 is 15.0 Å². The molecule has 2 rings (SSSR count). The van der Waals surface area contributed by atoms with Crippen molar-refractivity contribution in [1.82, 2.24) is 10.3 Å². The first-order chi connectivity index (χ1) is 9.09. The minimum absolute atomic E-state index is 0.0966. The monoisotopic (exact) mass is 283 g/mol. The predicted octanol–water partition coefficient (Wildman–Crippen LogP) is 2.65. The fourth-order valence-electron chi connectivity index (χ4n) is 2.38. The number of nitrogens with one attached hydrogen (secondary N) is 1. The number of aromatic nitrogens is 1. The first kappa shape index (κ1) is 14.8. The second-order valence-electron chi connectivity index (χ2n) is 5.32. The standard InChI is InChI=1S/C14H25N3OS/c1-5-17(6-2)13-15-9-12(19-13)10-16-14(4)7-8-18-11(14)3/h9,11,16H,5-8,10H2,1-4H3.